The summed E-state index contributed by atoms with van der Waals surface area (Å²) >= 11 is 0. The van der Waals surface area contributed by atoms with Crippen molar-refractivity contribution in [3.05, 3.63) is 47.8 Å². The zero-order chi connectivity index (χ0) is 25.4. The molecule has 1 saturated heterocycles. The maximum absolute atomic E-state index is 14.0. The van der Waals surface area contributed by atoms with Crippen molar-refractivity contribution in [3.8, 4) is 22.8 Å². The average Bonchev–Trinajstić information content (AvgIpc) is 3.30. The Labute approximate surface area is 206 Å². The molecule has 1 fully saturated rings. The van der Waals surface area contributed by atoms with Crippen molar-refractivity contribution in [2.24, 2.45) is 0 Å². The second kappa shape index (κ2) is 9.98. The SMILES string of the molecule is COc1cc(-c2cnc3cc(OC[C@H]4CN(C)CCO4)ccn23)cc2c1C(=O)N(C(F)C(F)F)CC2. The fourth-order valence-corrected chi connectivity index (χ4v) is 4.70. The van der Waals surface area contributed by atoms with Crippen LogP contribution < -0.4 is 9.47 Å². The van der Waals surface area contributed by atoms with Crippen LogP contribution in [-0.2, 0) is 11.2 Å². The van der Waals surface area contributed by atoms with Gasteiger partial charge in [-0.3, -0.25) is 9.20 Å². The molecule has 1 unspecified atom stereocenters. The van der Waals surface area contributed by atoms with Gasteiger partial charge in [0.1, 0.15) is 29.9 Å². The quantitative estimate of drug-likeness (QED) is 0.460. The third-order valence-corrected chi connectivity index (χ3v) is 6.56. The number of carbonyl (C=O) groups excluding carboxylic acids is 1. The molecule has 0 saturated carbocycles. The molecule has 11 heteroatoms. The Hall–Kier alpha value is -3.31. The number of methoxy groups -OCH3 is 1. The van der Waals surface area contributed by atoms with E-state index in [1.54, 1.807) is 18.3 Å². The van der Waals surface area contributed by atoms with Gasteiger partial charge in [0.05, 0.1) is 31.2 Å². The summed E-state index contributed by atoms with van der Waals surface area (Å²) in [4.78, 5) is 20.1. The molecule has 0 aliphatic carbocycles. The number of fused-ring (bicyclic) bond motifs is 2. The van der Waals surface area contributed by atoms with Crippen LogP contribution in [-0.4, -0.2) is 90.9 Å². The van der Waals surface area contributed by atoms with E-state index in [4.69, 9.17) is 14.2 Å². The number of hydrogen-bond donors (Lipinski definition) is 0. The van der Waals surface area contributed by atoms with Crippen LogP contribution in [0.1, 0.15) is 15.9 Å². The highest BCUT2D eigenvalue weighted by molar-refractivity contribution is 6.00. The molecular formula is C25H27F3N4O4. The minimum absolute atomic E-state index is 0.00486. The largest absolute Gasteiger partial charge is 0.496 e. The normalized spacial score (nSPS) is 19.6. The van der Waals surface area contributed by atoms with Gasteiger partial charge in [-0.05, 0) is 37.2 Å². The van der Waals surface area contributed by atoms with Crippen LogP contribution in [0.4, 0.5) is 13.2 Å². The minimum Gasteiger partial charge on any atom is -0.496 e. The first-order valence-electron chi connectivity index (χ1n) is 11.7. The zero-order valence-electron chi connectivity index (χ0n) is 20.0. The van der Waals surface area contributed by atoms with Gasteiger partial charge in [-0.15, -0.1) is 0 Å². The Bertz CT molecular complexity index is 1250. The summed E-state index contributed by atoms with van der Waals surface area (Å²) in [5.74, 6) is 0.0662. The lowest BCUT2D eigenvalue weighted by Gasteiger charge is -2.31. The highest BCUT2D eigenvalue weighted by Crippen LogP contribution is 2.35. The van der Waals surface area contributed by atoms with Gasteiger partial charge < -0.3 is 24.0 Å². The summed E-state index contributed by atoms with van der Waals surface area (Å²) in [5.41, 5.74) is 2.87. The van der Waals surface area contributed by atoms with Crippen molar-refractivity contribution in [1.29, 1.82) is 0 Å². The molecule has 2 atom stereocenters. The number of rotatable bonds is 7. The number of halogens is 3. The van der Waals surface area contributed by atoms with Crippen LogP contribution in [0.15, 0.2) is 36.7 Å². The summed E-state index contributed by atoms with van der Waals surface area (Å²) in [7, 11) is 3.44. The molecule has 0 radical (unpaired) electrons. The summed E-state index contributed by atoms with van der Waals surface area (Å²) < 4.78 is 58.7. The molecule has 3 aromatic rings. The van der Waals surface area contributed by atoms with Gasteiger partial charge in [-0.25, -0.2) is 18.2 Å². The van der Waals surface area contributed by atoms with Crippen molar-refractivity contribution in [3.63, 3.8) is 0 Å². The van der Waals surface area contributed by atoms with Crippen LogP contribution in [0.25, 0.3) is 16.9 Å². The molecule has 2 aromatic heterocycles. The van der Waals surface area contributed by atoms with Gasteiger partial charge in [-0.1, -0.05) is 0 Å². The molecule has 2 aliphatic rings. The highest BCUT2D eigenvalue weighted by Gasteiger charge is 2.37. The van der Waals surface area contributed by atoms with Crippen molar-refractivity contribution in [2.75, 3.05) is 47.0 Å². The number of nitrogens with zero attached hydrogens (tertiary/aromatic N) is 4. The van der Waals surface area contributed by atoms with E-state index in [1.807, 2.05) is 22.7 Å². The Morgan fingerprint density at radius 3 is 2.81 bits per heavy atom. The highest BCUT2D eigenvalue weighted by atomic mass is 19.3. The minimum atomic E-state index is -3.27. The Morgan fingerprint density at radius 1 is 1.22 bits per heavy atom. The lowest BCUT2D eigenvalue weighted by molar-refractivity contribution is -0.0403. The average molecular weight is 505 g/mol. The van der Waals surface area contributed by atoms with Crippen LogP contribution in [0.2, 0.25) is 0 Å². The first-order chi connectivity index (χ1) is 17.4. The monoisotopic (exact) mass is 504 g/mol. The second-order valence-corrected chi connectivity index (χ2v) is 8.97. The molecule has 0 bridgehead atoms. The van der Waals surface area contributed by atoms with E-state index in [2.05, 4.69) is 16.9 Å². The number of aromatic nitrogens is 2. The predicted octanol–water partition coefficient (Wildman–Crippen LogP) is 3.28. The molecule has 36 heavy (non-hydrogen) atoms. The fourth-order valence-electron chi connectivity index (χ4n) is 4.70. The molecule has 1 amide bonds. The Balaban J connectivity index is 1.40. The summed E-state index contributed by atoms with van der Waals surface area (Å²) in [6.07, 6.45) is -2.16. The second-order valence-electron chi connectivity index (χ2n) is 8.97. The lowest BCUT2D eigenvalue weighted by atomic mass is 9.94. The van der Waals surface area contributed by atoms with Crippen molar-refractivity contribution >= 4 is 11.6 Å². The van der Waals surface area contributed by atoms with Crippen LogP contribution in [0.3, 0.4) is 0 Å². The maximum atomic E-state index is 14.0. The fraction of sp³-hybridized carbons (Fsp3) is 0.440. The molecule has 2 aliphatic heterocycles. The number of carbonyl (C=O) groups is 1. The number of ether oxygens (including phenoxy) is 3. The number of imidazole rings is 1. The number of morpholine rings is 1. The van der Waals surface area contributed by atoms with Crippen molar-refractivity contribution < 1.29 is 32.2 Å². The molecule has 1 aromatic carbocycles. The van der Waals surface area contributed by atoms with Crippen LogP contribution >= 0.6 is 0 Å². The third-order valence-electron chi connectivity index (χ3n) is 6.56. The molecule has 192 valence electrons. The Morgan fingerprint density at radius 2 is 2.06 bits per heavy atom. The van der Waals surface area contributed by atoms with E-state index in [0.29, 0.717) is 35.1 Å². The number of pyridine rings is 1. The van der Waals surface area contributed by atoms with Crippen LogP contribution in [0.5, 0.6) is 11.5 Å². The number of likely N-dealkylation sites (N-methyl/N-ethyl adjacent to an activating group) is 1. The molecule has 5 rings (SSSR count). The van der Waals surface area contributed by atoms with Gasteiger partial charge in [0, 0.05) is 37.5 Å². The standard InChI is InChI=1S/C25H27F3N4O4/c1-30-7-8-35-18(13-30)14-36-17-4-6-31-19(12-29-21(31)11-17)16-9-15-3-5-32(24(28)23(26)27)25(33)22(15)20(10-16)34-2/h4,6,9-12,18,23-24H,3,5,7-8,13-14H2,1-2H3/t18-,24?/m1/s1. The molecular weight excluding hydrogens is 477 g/mol. The molecule has 0 spiro atoms. The van der Waals surface area contributed by atoms with Gasteiger partial charge >= 0.3 is 0 Å². The summed E-state index contributed by atoms with van der Waals surface area (Å²) in [6, 6.07) is 7.11. The first-order valence-corrected chi connectivity index (χ1v) is 11.7. The predicted molar refractivity (Wildman–Crippen MR) is 126 cm³/mol. The number of hydrogen-bond acceptors (Lipinski definition) is 6. The number of amides is 1. The van der Waals surface area contributed by atoms with Gasteiger partial charge in [-0.2, -0.15) is 0 Å². The number of benzene rings is 1. The maximum Gasteiger partial charge on any atom is 0.287 e. The van der Waals surface area contributed by atoms with E-state index in [-0.39, 0.29) is 30.4 Å². The van der Waals surface area contributed by atoms with Gasteiger partial charge in [0.2, 0.25) is 6.30 Å². The smallest absolute Gasteiger partial charge is 0.287 e. The number of alkyl halides is 3. The van der Waals surface area contributed by atoms with Crippen LogP contribution in [0, 0.1) is 0 Å². The lowest BCUT2D eigenvalue weighted by Crippen LogP contribution is -2.46. The molecule has 8 nitrogen and oxygen atoms in total. The van der Waals surface area contributed by atoms with Gasteiger partial charge in [0.25, 0.3) is 12.3 Å². The topological polar surface area (TPSA) is 68.5 Å². The first kappa shape index (κ1) is 24.4. The van der Waals surface area contributed by atoms with E-state index in [0.717, 1.165) is 24.3 Å². The third kappa shape index (κ3) is 4.60. The van der Waals surface area contributed by atoms with E-state index >= 15 is 0 Å². The Kier molecular flexibility index (Phi) is 6.76. The summed E-state index contributed by atoms with van der Waals surface area (Å²) in [5, 5.41) is 0. The molecule has 0 N–H and O–H groups in total. The van der Waals surface area contributed by atoms with E-state index in [1.165, 1.54) is 7.11 Å². The van der Waals surface area contributed by atoms with E-state index < -0.39 is 18.6 Å². The van der Waals surface area contributed by atoms with Crippen molar-refractivity contribution in [2.45, 2.75) is 25.2 Å². The van der Waals surface area contributed by atoms with Gasteiger partial charge in [0.15, 0.2) is 0 Å². The summed E-state index contributed by atoms with van der Waals surface area (Å²) in [6.45, 7) is 2.70. The van der Waals surface area contributed by atoms with E-state index in [9.17, 15) is 18.0 Å². The zero-order valence-corrected chi connectivity index (χ0v) is 20.0. The molecule has 4 heterocycles. The van der Waals surface area contributed by atoms with Crippen molar-refractivity contribution in [1.82, 2.24) is 19.2 Å².